The van der Waals surface area contributed by atoms with Crippen molar-refractivity contribution < 1.29 is 30.8 Å². The number of ether oxygens (including phenoxy) is 1. The van der Waals surface area contributed by atoms with Gasteiger partial charge in [-0.05, 0) is 29.8 Å². The zero-order chi connectivity index (χ0) is 17.8. The second-order valence-electron chi connectivity index (χ2n) is 6.38. The van der Waals surface area contributed by atoms with Gasteiger partial charge in [-0.3, -0.25) is 0 Å². The van der Waals surface area contributed by atoms with Crippen molar-refractivity contribution in [1.82, 2.24) is 5.10 Å². The van der Waals surface area contributed by atoms with Crippen LogP contribution in [0.15, 0.2) is 66.9 Å². The first-order chi connectivity index (χ1) is 12.8. The quantitative estimate of drug-likeness (QED) is 0.549. The van der Waals surface area contributed by atoms with E-state index in [1.165, 1.54) is 12.1 Å². The van der Waals surface area contributed by atoms with Crippen molar-refractivity contribution in [3.63, 3.8) is 0 Å². The van der Waals surface area contributed by atoms with Crippen molar-refractivity contribution in [3.05, 3.63) is 78.2 Å². The first kappa shape index (κ1) is 19.5. The number of hydrogen-bond donors (Lipinski definition) is 0. The molecule has 4 rings (SSSR count). The Hall–Kier alpha value is -2.31. The number of anilines is 1. The van der Waals surface area contributed by atoms with Crippen molar-refractivity contribution >= 4 is 5.82 Å². The molecule has 140 valence electrons. The highest BCUT2D eigenvalue weighted by Gasteiger charge is 2.19. The number of aromatic nitrogens is 2. The molecule has 0 aliphatic carbocycles. The SMILES string of the molecule is Fc1ccc(C[n+]2cc(-c3ccccc3)cc(N3CCOCC3)n2)cc1.[Br-]. The first-order valence-electron chi connectivity index (χ1n) is 8.82. The van der Waals surface area contributed by atoms with Crippen molar-refractivity contribution in [3.8, 4) is 11.1 Å². The molecule has 0 saturated carbocycles. The number of hydrogen-bond acceptors (Lipinski definition) is 3. The first-order valence-corrected chi connectivity index (χ1v) is 8.82. The Kier molecular flexibility index (Phi) is 6.53. The summed E-state index contributed by atoms with van der Waals surface area (Å²) in [6, 6.07) is 19.0. The fourth-order valence-electron chi connectivity index (χ4n) is 3.12. The molecule has 2 aromatic carbocycles. The van der Waals surface area contributed by atoms with Crippen LogP contribution in [0, 0.1) is 5.82 Å². The minimum absolute atomic E-state index is 0. The van der Waals surface area contributed by atoms with Gasteiger partial charge >= 0.3 is 0 Å². The number of nitrogens with zero attached hydrogens (tertiary/aromatic N) is 3. The van der Waals surface area contributed by atoms with Crippen molar-refractivity contribution in [1.29, 1.82) is 0 Å². The predicted molar refractivity (Wildman–Crippen MR) is 98.4 cm³/mol. The highest BCUT2D eigenvalue weighted by Crippen LogP contribution is 2.22. The van der Waals surface area contributed by atoms with E-state index in [2.05, 4.69) is 23.1 Å². The van der Waals surface area contributed by atoms with Gasteiger partial charge in [0.05, 0.1) is 18.8 Å². The molecule has 0 spiro atoms. The van der Waals surface area contributed by atoms with E-state index in [0.717, 1.165) is 48.8 Å². The van der Waals surface area contributed by atoms with Crippen molar-refractivity contribution in [2.45, 2.75) is 6.54 Å². The van der Waals surface area contributed by atoms with E-state index in [4.69, 9.17) is 9.84 Å². The molecule has 3 aromatic rings. The lowest BCUT2D eigenvalue weighted by molar-refractivity contribution is -0.744. The van der Waals surface area contributed by atoms with Crippen LogP contribution in [0.3, 0.4) is 0 Å². The number of halogens is 2. The van der Waals surface area contributed by atoms with Gasteiger partial charge in [-0.2, -0.15) is 0 Å². The number of rotatable bonds is 4. The summed E-state index contributed by atoms with van der Waals surface area (Å²) in [6.07, 6.45) is 2.04. The van der Waals surface area contributed by atoms with E-state index < -0.39 is 0 Å². The van der Waals surface area contributed by atoms with Crippen LogP contribution >= 0.6 is 0 Å². The lowest BCUT2D eigenvalue weighted by Crippen LogP contribution is -3.00. The zero-order valence-corrected chi connectivity index (χ0v) is 16.5. The van der Waals surface area contributed by atoms with E-state index in [9.17, 15) is 4.39 Å². The summed E-state index contributed by atoms with van der Waals surface area (Å²) in [5.41, 5.74) is 3.28. The van der Waals surface area contributed by atoms with Gasteiger partial charge in [-0.1, -0.05) is 35.0 Å². The summed E-state index contributed by atoms with van der Waals surface area (Å²) < 4.78 is 20.6. The molecule has 0 amide bonds. The van der Waals surface area contributed by atoms with Gasteiger partial charge in [0.25, 0.3) is 0 Å². The maximum absolute atomic E-state index is 13.2. The molecule has 2 heterocycles. The van der Waals surface area contributed by atoms with Gasteiger partial charge in [0.1, 0.15) is 5.82 Å². The summed E-state index contributed by atoms with van der Waals surface area (Å²) in [6.45, 7) is 3.70. The molecule has 4 nitrogen and oxygen atoms in total. The minimum atomic E-state index is -0.223. The van der Waals surface area contributed by atoms with Crippen LogP contribution in [0.1, 0.15) is 5.56 Å². The van der Waals surface area contributed by atoms with E-state index in [-0.39, 0.29) is 22.8 Å². The molecule has 1 saturated heterocycles. The van der Waals surface area contributed by atoms with Crippen LogP contribution in [0.4, 0.5) is 10.2 Å². The Labute approximate surface area is 169 Å². The maximum Gasteiger partial charge on any atom is 0.204 e. The molecule has 1 fully saturated rings. The van der Waals surface area contributed by atoms with Crippen LogP contribution in [0.25, 0.3) is 11.1 Å². The standard InChI is InChI=1S/C21H21FN3O.BrH/c22-20-8-6-17(7-9-20)15-25-16-19(18-4-2-1-3-5-18)14-21(23-25)24-10-12-26-13-11-24;/h1-9,14,16H,10-13,15H2;1H/q+1;/p-1. The zero-order valence-electron chi connectivity index (χ0n) is 14.9. The second-order valence-corrected chi connectivity index (χ2v) is 6.38. The Morgan fingerprint density at radius 1 is 0.963 bits per heavy atom. The largest absolute Gasteiger partial charge is 1.00 e. The van der Waals surface area contributed by atoms with Gasteiger partial charge < -0.3 is 26.6 Å². The van der Waals surface area contributed by atoms with E-state index >= 15 is 0 Å². The minimum Gasteiger partial charge on any atom is -1.00 e. The molecule has 1 aliphatic rings. The Morgan fingerprint density at radius 3 is 2.37 bits per heavy atom. The molecule has 0 atom stereocenters. The fraction of sp³-hybridized carbons (Fsp3) is 0.238. The van der Waals surface area contributed by atoms with E-state index in [1.54, 1.807) is 12.1 Å². The van der Waals surface area contributed by atoms with Gasteiger partial charge in [-0.15, -0.1) is 0 Å². The topological polar surface area (TPSA) is 29.2 Å². The maximum atomic E-state index is 13.2. The van der Waals surface area contributed by atoms with Crippen LogP contribution in [0.5, 0.6) is 0 Å². The summed E-state index contributed by atoms with van der Waals surface area (Å²) in [5.74, 6) is 0.718. The van der Waals surface area contributed by atoms with Crippen LogP contribution < -0.4 is 26.6 Å². The molecular formula is C21H21BrFN3O. The molecule has 0 unspecified atom stereocenters. The van der Waals surface area contributed by atoms with Crippen molar-refractivity contribution in [2.75, 3.05) is 31.2 Å². The van der Waals surface area contributed by atoms with Gasteiger partial charge in [-0.25, -0.2) is 4.39 Å². The lowest BCUT2D eigenvalue weighted by atomic mass is 10.1. The average Bonchev–Trinajstić information content (AvgIpc) is 2.71. The molecule has 0 N–H and O–H groups in total. The van der Waals surface area contributed by atoms with E-state index in [1.807, 2.05) is 29.1 Å². The van der Waals surface area contributed by atoms with Crippen LogP contribution in [-0.4, -0.2) is 31.4 Å². The second kappa shape index (κ2) is 9.06. The molecule has 1 aliphatic heterocycles. The van der Waals surface area contributed by atoms with E-state index in [0.29, 0.717) is 6.54 Å². The third-order valence-electron chi connectivity index (χ3n) is 4.50. The normalized spacial score (nSPS) is 13.9. The smallest absolute Gasteiger partial charge is 0.204 e. The number of benzene rings is 2. The number of morpholine rings is 1. The van der Waals surface area contributed by atoms with Gasteiger partial charge in [0, 0.05) is 29.8 Å². The third-order valence-corrected chi connectivity index (χ3v) is 4.50. The van der Waals surface area contributed by atoms with Crippen LogP contribution in [-0.2, 0) is 11.3 Å². The third kappa shape index (κ3) is 4.90. The summed E-state index contributed by atoms with van der Waals surface area (Å²) >= 11 is 0. The molecule has 0 radical (unpaired) electrons. The molecule has 6 heteroatoms. The predicted octanol–water partition coefficient (Wildman–Crippen LogP) is 0.0641. The Balaban J connectivity index is 0.00000210. The Morgan fingerprint density at radius 2 is 1.67 bits per heavy atom. The monoisotopic (exact) mass is 429 g/mol. The fourth-order valence-corrected chi connectivity index (χ4v) is 3.12. The summed E-state index contributed by atoms with van der Waals surface area (Å²) in [5, 5.41) is 4.79. The van der Waals surface area contributed by atoms with Gasteiger partial charge in [0.2, 0.25) is 6.20 Å². The molecule has 1 aromatic heterocycles. The Bertz CT molecular complexity index is 868. The van der Waals surface area contributed by atoms with Crippen molar-refractivity contribution in [2.24, 2.45) is 0 Å². The van der Waals surface area contributed by atoms with Gasteiger partial charge in [0.15, 0.2) is 12.4 Å². The molecule has 27 heavy (non-hydrogen) atoms. The summed E-state index contributed by atoms with van der Waals surface area (Å²) in [4.78, 5) is 2.25. The average molecular weight is 430 g/mol. The molecule has 0 bridgehead atoms. The molecular weight excluding hydrogens is 409 g/mol. The lowest BCUT2D eigenvalue weighted by Gasteiger charge is -2.26. The highest BCUT2D eigenvalue weighted by atomic mass is 79.9. The highest BCUT2D eigenvalue weighted by molar-refractivity contribution is 5.64. The summed E-state index contributed by atoms with van der Waals surface area (Å²) in [7, 11) is 0. The van der Waals surface area contributed by atoms with Crippen LogP contribution in [0.2, 0.25) is 0 Å².